The number of furan rings is 1. The van der Waals surface area contributed by atoms with Crippen molar-refractivity contribution in [2.24, 2.45) is 0 Å². The van der Waals surface area contributed by atoms with Crippen LogP contribution < -0.4 is 0 Å². The number of benzene rings is 6. The van der Waals surface area contributed by atoms with Crippen LogP contribution in [0, 0.1) is 0 Å². The second-order valence-electron chi connectivity index (χ2n) is 8.92. The number of aromatic nitrogens is 1. The highest BCUT2D eigenvalue weighted by atomic mass is 16.3. The van der Waals surface area contributed by atoms with Gasteiger partial charge in [-0.1, -0.05) is 78.9 Å². The number of hydrogen-bond donors (Lipinski definition) is 0. The van der Waals surface area contributed by atoms with E-state index < -0.39 is 0 Å². The largest absolute Gasteiger partial charge is 0.455 e. The van der Waals surface area contributed by atoms with Crippen LogP contribution in [-0.4, -0.2) is 4.57 Å². The maximum Gasteiger partial charge on any atom is 0.143 e. The van der Waals surface area contributed by atoms with E-state index >= 15 is 0 Å². The third-order valence-corrected chi connectivity index (χ3v) is 7.16. The SMILES string of the molecule is c1ccc(-n2c3ccccc3c3c4c5ccccc5c5c6ccccc6oc5c4ccc32)cc1. The van der Waals surface area contributed by atoms with Crippen molar-refractivity contribution in [3.63, 3.8) is 0 Å². The topological polar surface area (TPSA) is 18.1 Å². The lowest BCUT2D eigenvalue weighted by molar-refractivity contribution is 0.673. The van der Waals surface area contributed by atoms with Crippen LogP contribution in [0.5, 0.6) is 0 Å². The summed E-state index contributed by atoms with van der Waals surface area (Å²) in [5, 5.41) is 9.81. The first kappa shape index (κ1) is 17.9. The first-order chi connectivity index (χ1) is 16.9. The summed E-state index contributed by atoms with van der Waals surface area (Å²) in [6.07, 6.45) is 0. The fraction of sp³-hybridized carbons (Fsp3) is 0. The van der Waals surface area contributed by atoms with Gasteiger partial charge in [0.2, 0.25) is 0 Å². The Hall–Kier alpha value is -4.56. The molecule has 0 aliphatic heterocycles. The summed E-state index contributed by atoms with van der Waals surface area (Å²) >= 11 is 0. The number of hydrogen-bond acceptors (Lipinski definition) is 1. The van der Waals surface area contributed by atoms with Gasteiger partial charge in [-0.2, -0.15) is 0 Å². The number of para-hydroxylation sites is 3. The van der Waals surface area contributed by atoms with Gasteiger partial charge in [-0.15, -0.1) is 0 Å². The molecular weight excluding hydrogens is 414 g/mol. The Bertz CT molecular complexity index is 2060. The Morgan fingerprint density at radius 1 is 0.412 bits per heavy atom. The third kappa shape index (κ3) is 2.20. The summed E-state index contributed by atoms with van der Waals surface area (Å²) in [6, 6.07) is 41.0. The van der Waals surface area contributed by atoms with E-state index in [1.54, 1.807) is 0 Å². The molecule has 0 bridgehead atoms. The van der Waals surface area contributed by atoms with Gasteiger partial charge in [0.25, 0.3) is 0 Å². The minimum absolute atomic E-state index is 0.932. The quantitative estimate of drug-likeness (QED) is 0.236. The molecule has 34 heavy (non-hydrogen) atoms. The van der Waals surface area contributed by atoms with Gasteiger partial charge < -0.3 is 8.98 Å². The van der Waals surface area contributed by atoms with Gasteiger partial charge >= 0.3 is 0 Å². The Morgan fingerprint density at radius 2 is 1.06 bits per heavy atom. The van der Waals surface area contributed by atoms with Gasteiger partial charge in [0, 0.05) is 38.0 Å². The van der Waals surface area contributed by atoms with Crippen molar-refractivity contribution in [3.8, 4) is 5.69 Å². The molecule has 2 aromatic heterocycles. The van der Waals surface area contributed by atoms with Crippen LogP contribution in [-0.2, 0) is 0 Å². The van der Waals surface area contributed by atoms with Gasteiger partial charge in [-0.3, -0.25) is 0 Å². The minimum atomic E-state index is 0.932. The Balaban J connectivity index is 1.70. The molecule has 0 N–H and O–H groups in total. The molecule has 0 aliphatic rings. The molecular formula is C32H19NO. The average molecular weight is 434 g/mol. The fourth-order valence-electron chi connectivity index (χ4n) is 5.81. The molecule has 0 spiro atoms. The van der Waals surface area contributed by atoms with E-state index in [9.17, 15) is 0 Å². The van der Waals surface area contributed by atoms with Gasteiger partial charge in [0.1, 0.15) is 11.2 Å². The maximum atomic E-state index is 6.52. The minimum Gasteiger partial charge on any atom is -0.455 e. The predicted molar refractivity (Wildman–Crippen MR) is 143 cm³/mol. The van der Waals surface area contributed by atoms with Crippen molar-refractivity contribution in [2.45, 2.75) is 0 Å². The van der Waals surface area contributed by atoms with E-state index in [0.717, 1.165) is 16.6 Å². The monoisotopic (exact) mass is 433 g/mol. The molecule has 0 fully saturated rings. The van der Waals surface area contributed by atoms with Gasteiger partial charge in [0.15, 0.2) is 0 Å². The molecule has 6 aromatic carbocycles. The van der Waals surface area contributed by atoms with Crippen LogP contribution in [0.1, 0.15) is 0 Å². The molecule has 0 unspecified atom stereocenters. The zero-order chi connectivity index (χ0) is 22.2. The molecule has 0 saturated heterocycles. The molecule has 8 aromatic rings. The molecule has 2 nitrogen and oxygen atoms in total. The van der Waals surface area contributed by atoms with Crippen molar-refractivity contribution >= 4 is 65.3 Å². The maximum absolute atomic E-state index is 6.52. The lowest BCUT2D eigenvalue weighted by Gasteiger charge is -2.10. The van der Waals surface area contributed by atoms with E-state index in [4.69, 9.17) is 4.42 Å². The Kier molecular flexibility index (Phi) is 3.42. The zero-order valence-electron chi connectivity index (χ0n) is 18.3. The number of nitrogens with zero attached hydrogens (tertiary/aromatic N) is 1. The highest BCUT2D eigenvalue weighted by Crippen LogP contribution is 2.45. The standard InChI is InChI=1S/C32H19NO/c1-2-10-20(11-3-1)33-26-16-8-6-14-23(26)31-27(33)19-18-25-29(31)21-12-4-5-13-22(21)30-24-15-7-9-17-28(24)34-32(25)30/h1-19H. The predicted octanol–water partition coefficient (Wildman–Crippen LogP) is 8.99. The first-order valence-corrected chi connectivity index (χ1v) is 11.6. The van der Waals surface area contributed by atoms with E-state index in [-0.39, 0.29) is 0 Å². The van der Waals surface area contributed by atoms with E-state index in [0.29, 0.717) is 0 Å². The van der Waals surface area contributed by atoms with E-state index in [1.807, 2.05) is 6.07 Å². The molecule has 0 atom stereocenters. The number of rotatable bonds is 1. The lowest BCUT2D eigenvalue weighted by atomic mass is 9.94. The normalized spacial score (nSPS) is 12.1. The van der Waals surface area contributed by atoms with E-state index in [1.165, 1.54) is 54.4 Å². The second-order valence-corrected chi connectivity index (χ2v) is 8.92. The molecule has 0 radical (unpaired) electrons. The smallest absolute Gasteiger partial charge is 0.143 e. The molecule has 0 aliphatic carbocycles. The van der Waals surface area contributed by atoms with Crippen LogP contribution in [0.25, 0.3) is 71.0 Å². The molecule has 0 amide bonds. The van der Waals surface area contributed by atoms with Gasteiger partial charge in [0.05, 0.1) is 11.0 Å². The summed E-state index contributed by atoms with van der Waals surface area (Å²) in [6.45, 7) is 0. The van der Waals surface area contributed by atoms with Crippen LogP contribution >= 0.6 is 0 Å². The Morgan fingerprint density at radius 3 is 1.88 bits per heavy atom. The summed E-state index contributed by atoms with van der Waals surface area (Å²) in [4.78, 5) is 0. The van der Waals surface area contributed by atoms with Crippen LogP contribution in [0.2, 0.25) is 0 Å². The molecule has 8 rings (SSSR count). The number of fused-ring (bicyclic) bond motifs is 12. The van der Waals surface area contributed by atoms with Crippen molar-refractivity contribution in [1.29, 1.82) is 0 Å². The summed E-state index contributed by atoms with van der Waals surface area (Å²) in [5.41, 5.74) is 5.49. The summed E-state index contributed by atoms with van der Waals surface area (Å²) < 4.78 is 8.90. The Labute approximate surface area is 195 Å². The van der Waals surface area contributed by atoms with Crippen molar-refractivity contribution in [3.05, 3.63) is 115 Å². The van der Waals surface area contributed by atoms with Gasteiger partial charge in [-0.25, -0.2) is 0 Å². The van der Waals surface area contributed by atoms with Crippen LogP contribution in [0.15, 0.2) is 120 Å². The highest BCUT2D eigenvalue weighted by Gasteiger charge is 2.20. The molecule has 2 heteroatoms. The first-order valence-electron chi connectivity index (χ1n) is 11.6. The average Bonchev–Trinajstić information content (AvgIpc) is 3.45. The van der Waals surface area contributed by atoms with Crippen molar-refractivity contribution < 1.29 is 4.42 Å². The highest BCUT2D eigenvalue weighted by molar-refractivity contribution is 6.37. The third-order valence-electron chi connectivity index (χ3n) is 7.16. The zero-order valence-corrected chi connectivity index (χ0v) is 18.3. The van der Waals surface area contributed by atoms with Crippen molar-refractivity contribution in [2.75, 3.05) is 0 Å². The van der Waals surface area contributed by atoms with Crippen molar-refractivity contribution in [1.82, 2.24) is 4.57 Å². The molecule has 0 saturated carbocycles. The van der Waals surface area contributed by atoms with Crippen LogP contribution in [0.4, 0.5) is 0 Å². The summed E-state index contributed by atoms with van der Waals surface area (Å²) in [7, 11) is 0. The van der Waals surface area contributed by atoms with E-state index in [2.05, 4.69) is 114 Å². The molecule has 158 valence electrons. The van der Waals surface area contributed by atoms with Crippen LogP contribution in [0.3, 0.4) is 0 Å². The van der Waals surface area contributed by atoms with Gasteiger partial charge in [-0.05, 0) is 47.2 Å². The summed E-state index contributed by atoms with van der Waals surface area (Å²) in [5.74, 6) is 0. The second kappa shape index (κ2) is 6.49. The molecule has 2 heterocycles. The lowest BCUT2D eigenvalue weighted by Crippen LogP contribution is -1.93. The fourth-order valence-corrected chi connectivity index (χ4v) is 5.81.